The molecule has 0 heterocycles. The van der Waals surface area contributed by atoms with Crippen molar-refractivity contribution < 1.29 is 4.74 Å². The zero-order valence-electron chi connectivity index (χ0n) is 5.36. The van der Waals surface area contributed by atoms with Crippen LogP contribution in [-0.4, -0.2) is 17.3 Å². The minimum Gasteiger partial charge on any atom is -0.501 e. The molecule has 0 spiro atoms. The van der Waals surface area contributed by atoms with E-state index in [4.69, 9.17) is 4.74 Å². The fourth-order valence-corrected chi connectivity index (χ4v) is 1.87. The Morgan fingerprint density at radius 2 is 2.33 bits per heavy atom. The van der Waals surface area contributed by atoms with Crippen molar-refractivity contribution >= 4 is 31.9 Å². The molecule has 0 aliphatic carbocycles. The summed E-state index contributed by atoms with van der Waals surface area (Å²) in [7, 11) is 1.63. The third-order valence-electron chi connectivity index (χ3n) is 0.974. The summed E-state index contributed by atoms with van der Waals surface area (Å²) >= 11 is 6.73. The van der Waals surface area contributed by atoms with E-state index in [-0.39, 0.29) is 4.83 Å². The van der Waals surface area contributed by atoms with E-state index in [1.165, 1.54) is 0 Å². The second-order valence-electron chi connectivity index (χ2n) is 1.62. The summed E-state index contributed by atoms with van der Waals surface area (Å²) in [4.78, 5) is 0.280. The predicted octanol–water partition coefficient (Wildman–Crippen LogP) is 2.70. The zero-order chi connectivity index (χ0) is 7.28. The first-order chi connectivity index (χ1) is 4.22. The number of ether oxygens (including phenoxy) is 1. The lowest BCUT2D eigenvalue weighted by molar-refractivity contribution is 0.283. The van der Waals surface area contributed by atoms with Gasteiger partial charge in [0, 0.05) is 5.33 Å². The van der Waals surface area contributed by atoms with Crippen molar-refractivity contribution in [3.05, 3.63) is 12.3 Å². The van der Waals surface area contributed by atoms with Gasteiger partial charge in [-0.25, -0.2) is 0 Å². The van der Waals surface area contributed by atoms with Gasteiger partial charge in [-0.05, 0) is 6.42 Å². The van der Waals surface area contributed by atoms with Crippen LogP contribution in [0.5, 0.6) is 0 Å². The van der Waals surface area contributed by atoms with Crippen LogP contribution < -0.4 is 0 Å². The van der Waals surface area contributed by atoms with Crippen LogP contribution in [0.3, 0.4) is 0 Å². The molecule has 0 aliphatic heterocycles. The third-order valence-corrected chi connectivity index (χ3v) is 2.40. The first-order valence-electron chi connectivity index (χ1n) is 2.65. The topological polar surface area (TPSA) is 9.23 Å². The van der Waals surface area contributed by atoms with Crippen LogP contribution in [-0.2, 0) is 4.74 Å². The highest BCUT2D eigenvalue weighted by molar-refractivity contribution is 9.10. The van der Waals surface area contributed by atoms with Crippen LogP contribution in [0.15, 0.2) is 12.3 Å². The van der Waals surface area contributed by atoms with Gasteiger partial charge in [0.1, 0.15) is 5.76 Å². The van der Waals surface area contributed by atoms with E-state index in [1.807, 2.05) is 0 Å². The fourth-order valence-electron chi connectivity index (χ4n) is 0.385. The number of allylic oxidation sites excluding steroid dienone is 1. The second kappa shape index (κ2) is 5.30. The van der Waals surface area contributed by atoms with Crippen LogP contribution in [0, 0.1) is 0 Å². The normalized spacial score (nSPS) is 12.8. The average molecular weight is 258 g/mol. The molecule has 0 bridgehead atoms. The van der Waals surface area contributed by atoms with Crippen molar-refractivity contribution in [2.75, 3.05) is 12.4 Å². The molecule has 0 N–H and O–H groups in total. The molecule has 0 amide bonds. The molecule has 54 valence electrons. The molecule has 1 nitrogen and oxygen atoms in total. The Morgan fingerprint density at radius 3 is 2.67 bits per heavy atom. The van der Waals surface area contributed by atoms with Crippen LogP contribution >= 0.6 is 31.9 Å². The Kier molecular flexibility index (Phi) is 5.59. The van der Waals surface area contributed by atoms with Gasteiger partial charge in [0.15, 0.2) is 0 Å². The molecule has 0 aromatic rings. The second-order valence-corrected chi connectivity index (χ2v) is 3.51. The van der Waals surface area contributed by atoms with Crippen LogP contribution in [0.4, 0.5) is 0 Å². The number of methoxy groups -OCH3 is 1. The monoisotopic (exact) mass is 256 g/mol. The van der Waals surface area contributed by atoms with Crippen molar-refractivity contribution in [2.45, 2.75) is 11.2 Å². The largest absolute Gasteiger partial charge is 0.501 e. The van der Waals surface area contributed by atoms with Crippen LogP contribution in [0.25, 0.3) is 0 Å². The Morgan fingerprint density at radius 1 is 1.78 bits per heavy atom. The fraction of sp³-hybridized carbons (Fsp3) is 0.667. The van der Waals surface area contributed by atoms with Gasteiger partial charge in [-0.1, -0.05) is 38.4 Å². The number of hydrogen-bond donors (Lipinski definition) is 0. The minimum atomic E-state index is 0.280. The van der Waals surface area contributed by atoms with Crippen molar-refractivity contribution in [2.24, 2.45) is 0 Å². The smallest absolute Gasteiger partial charge is 0.102 e. The van der Waals surface area contributed by atoms with E-state index in [0.717, 1.165) is 17.5 Å². The molecular formula is C6H10Br2O. The predicted molar refractivity (Wildman–Crippen MR) is 47.3 cm³/mol. The van der Waals surface area contributed by atoms with Gasteiger partial charge < -0.3 is 4.74 Å². The van der Waals surface area contributed by atoms with Gasteiger partial charge in [0.2, 0.25) is 0 Å². The summed E-state index contributed by atoms with van der Waals surface area (Å²) in [6.07, 6.45) is 1.01. The maximum absolute atomic E-state index is 4.90. The highest BCUT2D eigenvalue weighted by Crippen LogP contribution is 2.15. The van der Waals surface area contributed by atoms with E-state index in [2.05, 4.69) is 38.4 Å². The molecule has 0 aromatic carbocycles. The van der Waals surface area contributed by atoms with Gasteiger partial charge in [0.05, 0.1) is 11.9 Å². The molecule has 3 heteroatoms. The standard InChI is InChI=1S/C6H10Br2O/c1-5(9-2)6(8)3-4-7/h6H,1,3-4H2,2H3. The van der Waals surface area contributed by atoms with Gasteiger partial charge >= 0.3 is 0 Å². The Hall–Kier alpha value is 0.500. The highest BCUT2D eigenvalue weighted by Gasteiger charge is 2.06. The Labute approximate surface area is 72.7 Å². The Bertz CT molecular complexity index is 93.1. The maximum atomic E-state index is 4.90. The van der Waals surface area contributed by atoms with E-state index < -0.39 is 0 Å². The molecule has 1 atom stereocenters. The van der Waals surface area contributed by atoms with Gasteiger partial charge in [-0.15, -0.1) is 0 Å². The lowest BCUT2D eigenvalue weighted by Crippen LogP contribution is -2.03. The molecule has 0 fully saturated rings. The molecule has 0 aliphatic rings. The lowest BCUT2D eigenvalue weighted by Gasteiger charge is -2.08. The van der Waals surface area contributed by atoms with Crippen LogP contribution in [0.2, 0.25) is 0 Å². The van der Waals surface area contributed by atoms with E-state index >= 15 is 0 Å². The lowest BCUT2D eigenvalue weighted by atomic mass is 10.3. The number of alkyl halides is 2. The summed E-state index contributed by atoms with van der Waals surface area (Å²) < 4.78 is 4.90. The van der Waals surface area contributed by atoms with Gasteiger partial charge in [-0.2, -0.15) is 0 Å². The van der Waals surface area contributed by atoms with Crippen molar-refractivity contribution in [1.29, 1.82) is 0 Å². The van der Waals surface area contributed by atoms with Crippen molar-refractivity contribution in [1.82, 2.24) is 0 Å². The molecule has 0 aromatic heterocycles. The molecule has 0 rings (SSSR count). The summed E-state index contributed by atoms with van der Waals surface area (Å²) in [5.41, 5.74) is 0. The first-order valence-corrected chi connectivity index (χ1v) is 4.69. The number of rotatable bonds is 4. The molecule has 0 saturated heterocycles. The van der Waals surface area contributed by atoms with E-state index in [9.17, 15) is 0 Å². The van der Waals surface area contributed by atoms with Crippen LogP contribution in [0.1, 0.15) is 6.42 Å². The Balaban J connectivity index is 3.45. The molecule has 9 heavy (non-hydrogen) atoms. The zero-order valence-corrected chi connectivity index (χ0v) is 8.53. The van der Waals surface area contributed by atoms with Crippen molar-refractivity contribution in [3.63, 3.8) is 0 Å². The average Bonchev–Trinajstić information content (AvgIpc) is 1.87. The minimum absolute atomic E-state index is 0.280. The quantitative estimate of drug-likeness (QED) is 0.556. The summed E-state index contributed by atoms with van der Waals surface area (Å²) in [5.74, 6) is 0.787. The summed E-state index contributed by atoms with van der Waals surface area (Å²) in [5, 5.41) is 0.964. The molecule has 1 unspecified atom stereocenters. The molecular weight excluding hydrogens is 248 g/mol. The molecule has 0 radical (unpaired) electrons. The molecule has 0 saturated carbocycles. The number of halogens is 2. The highest BCUT2D eigenvalue weighted by atomic mass is 79.9. The third kappa shape index (κ3) is 3.98. The van der Waals surface area contributed by atoms with E-state index in [0.29, 0.717) is 0 Å². The maximum Gasteiger partial charge on any atom is 0.102 e. The first kappa shape index (κ1) is 9.50. The SMILES string of the molecule is C=C(OC)C(Br)CCBr. The van der Waals surface area contributed by atoms with Crippen molar-refractivity contribution in [3.8, 4) is 0 Å². The summed E-state index contributed by atoms with van der Waals surface area (Å²) in [6, 6.07) is 0. The van der Waals surface area contributed by atoms with Gasteiger partial charge in [0.25, 0.3) is 0 Å². The summed E-state index contributed by atoms with van der Waals surface area (Å²) in [6.45, 7) is 3.70. The van der Waals surface area contributed by atoms with E-state index in [1.54, 1.807) is 7.11 Å². The number of hydrogen-bond acceptors (Lipinski definition) is 1. The van der Waals surface area contributed by atoms with Gasteiger partial charge in [-0.3, -0.25) is 0 Å².